The zero-order chi connectivity index (χ0) is 39.5. The van der Waals surface area contributed by atoms with Crippen LogP contribution in [-0.2, 0) is 14.3 Å². The number of hydrogen-bond acceptors (Lipinski definition) is 8. The van der Waals surface area contributed by atoms with Crippen LogP contribution in [-0.4, -0.2) is 87.5 Å². The number of rotatable bonds is 31. The van der Waals surface area contributed by atoms with Crippen molar-refractivity contribution in [2.45, 2.75) is 166 Å². The van der Waals surface area contributed by atoms with E-state index in [9.17, 15) is 30.3 Å². The number of nitrogens with one attached hydrogen (secondary N) is 1. The Balaban J connectivity index is 2.52. The Morgan fingerprint density at radius 2 is 1.17 bits per heavy atom. The SMILES string of the molecule is CC/C=C\C/C=C\C/C=C\C/C=C\C/C=C\CCCC(=O)NC(COC1OC(CO)C(O)C(O)C1O)C(O)/C=C/CC/C=C/CC/C=C/CCCCCC. The van der Waals surface area contributed by atoms with E-state index in [1.165, 1.54) is 25.7 Å². The highest BCUT2D eigenvalue weighted by atomic mass is 16.7. The number of aliphatic hydroxyl groups excluding tert-OH is 5. The third-order valence-corrected chi connectivity index (χ3v) is 8.87. The predicted molar refractivity (Wildman–Crippen MR) is 221 cm³/mol. The highest BCUT2D eigenvalue weighted by Gasteiger charge is 2.44. The summed E-state index contributed by atoms with van der Waals surface area (Å²) in [5, 5.41) is 53.9. The van der Waals surface area contributed by atoms with Crippen molar-refractivity contribution in [3.8, 4) is 0 Å². The second-order valence-electron chi connectivity index (χ2n) is 13.7. The van der Waals surface area contributed by atoms with Gasteiger partial charge in [0, 0.05) is 6.42 Å². The van der Waals surface area contributed by atoms with E-state index in [4.69, 9.17) is 9.47 Å². The first-order valence-electron chi connectivity index (χ1n) is 20.5. The van der Waals surface area contributed by atoms with E-state index in [1.807, 2.05) is 6.08 Å². The summed E-state index contributed by atoms with van der Waals surface area (Å²) in [5.41, 5.74) is 0. The van der Waals surface area contributed by atoms with Gasteiger partial charge in [0.05, 0.1) is 25.4 Å². The number of allylic oxidation sites excluding steroid dienone is 15. The molecule has 1 heterocycles. The lowest BCUT2D eigenvalue weighted by molar-refractivity contribution is -0.302. The first-order valence-corrected chi connectivity index (χ1v) is 20.5. The van der Waals surface area contributed by atoms with Gasteiger partial charge in [0.15, 0.2) is 6.29 Å². The number of carbonyl (C=O) groups excluding carboxylic acids is 1. The zero-order valence-electron chi connectivity index (χ0n) is 33.2. The minimum Gasteiger partial charge on any atom is -0.394 e. The summed E-state index contributed by atoms with van der Waals surface area (Å²) in [6, 6.07) is -0.862. The summed E-state index contributed by atoms with van der Waals surface area (Å²) in [4.78, 5) is 12.9. The average molecular weight is 756 g/mol. The molecule has 1 rings (SSSR count). The normalized spacial score (nSPS) is 22.5. The third kappa shape index (κ3) is 25.2. The monoisotopic (exact) mass is 756 g/mol. The standard InChI is InChI=1S/C45H73NO8/c1-3-5-7-9-11-13-15-17-19-20-21-23-25-27-29-31-33-35-41(49)46-38(37-53-45-44(52)43(51)42(50)40(36-47)54-45)39(48)34-32-30-28-26-24-22-18-16-14-12-10-8-6-4-2/h5,7,11,13-14,16-17,19,21,23-24,26-27,29,32,34,38-40,42-45,47-48,50-52H,3-4,6,8-10,12,15,18,20,22,25,28,30-31,33,35-37H2,1-2H3,(H,46,49)/b7-5-,13-11-,16-14+,19-17-,23-21-,26-24+,29-27-,34-32+. The lowest BCUT2D eigenvalue weighted by Crippen LogP contribution is -2.60. The smallest absolute Gasteiger partial charge is 0.220 e. The molecule has 0 saturated carbocycles. The van der Waals surface area contributed by atoms with Crippen molar-refractivity contribution in [1.29, 1.82) is 0 Å². The predicted octanol–water partition coefficient (Wildman–Crippen LogP) is 7.77. The lowest BCUT2D eigenvalue weighted by atomic mass is 9.99. The van der Waals surface area contributed by atoms with Crippen LogP contribution in [0.5, 0.6) is 0 Å². The van der Waals surface area contributed by atoms with E-state index in [0.29, 0.717) is 12.8 Å². The van der Waals surface area contributed by atoms with Crippen LogP contribution in [0.25, 0.3) is 0 Å². The fourth-order valence-corrected chi connectivity index (χ4v) is 5.57. The van der Waals surface area contributed by atoms with Crippen LogP contribution in [0, 0.1) is 0 Å². The van der Waals surface area contributed by atoms with Gasteiger partial charge in [0.1, 0.15) is 24.4 Å². The largest absolute Gasteiger partial charge is 0.394 e. The number of carbonyl (C=O) groups is 1. The van der Waals surface area contributed by atoms with Crippen molar-refractivity contribution in [2.75, 3.05) is 13.2 Å². The molecule has 0 aromatic rings. The van der Waals surface area contributed by atoms with E-state index in [2.05, 4.69) is 104 Å². The maximum Gasteiger partial charge on any atom is 0.220 e. The molecule has 306 valence electrons. The Morgan fingerprint density at radius 1 is 0.648 bits per heavy atom. The van der Waals surface area contributed by atoms with Crippen molar-refractivity contribution in [3.05, 3.63) is 97.2 Å². The van der Waals surface area contributed by atoms with E-state index < -0.39 is 49.5 Å². The van der Waals surface area contributed by atoms with Crippen LogP contribution in [0.2, 0.25) is 0 Å². The molecule has 1 fully saturated rings. The van der Waals surface area contributed by atoms with Crippen molar-refractivity contribution >= 4 is 5.91 Å². The van der Waals surface area contributed by atoms with E-state index >= 15 is 0 Å². The molecule has 0 aromatic heterocycles. The Labute approximate surface area is 326 Å². The topological polar surface area (TPSA) is 149 Å². The van der Waals surface area contributed by atoms with E-state index in [1.54, 1.807) is 6.08 Å². The summed E-state index contributed by atoms with van der Waals surface area (Å²) >= 11 is 0. The van der Waals surface area contributed by atoms with E-state index in [0.717, 1.165) is 64.2 Å². The number of aliphatic hydroxyl groups is 5. The second kappa shape index (κ2) is 34.6. The van der Waals surface area contributed by atoms with E-state index in [-0.39, 0.29) is 18.9 Å². The molecule has 0 aliphatic carbocycles. The molecule has 1 aliphatic rings. The molecular weight excluding hydrogens is 682 g/mol. The second-order valence-corrected chi connectivity index (χ2v) is 13.7. The number of amides is 1. The summed E-state index contributed by atoms with van der Waals surface area (Å²) in [6.45, 7) is 3.54. The molecule has 7 unspecified atom stereocenters. The molecule has 0 aromatic carbocycles. The van der Waals surface area contributed by atoms with Crippen LogP contribution in [0.3, 0.4) is 0 Å². The van der Waals surface area contributed by atoms with Gasteiger partial charge < -0.3 is 40.3 Å². The molecule has 1 saturated heterocycles. The quantitative estimate of drug-likeness (QED) is 0.0311. The number of unbranched alkanes of at least 4 members (excludes halogenated alkanes) is 7. The fourth-order valence-electron chi connectivity index (χ4n) is 5.57. The van der Waals surface area contributed by atoms with Gasteiger partial charge in [-0.15, -0.1) is 0 Å². The van der Waals surface area contributed by atoms with Gasteiger partial charge in [0.25, 0.3) is 0 Å². The molecule has 9 nitrogen and oxygen atoms in total. The maximum absolute atomic E-state index is 12.9. The Morgan fingerprint density at radius 3 is 1.74 bits per heavy atom. The van der Waals surface area contributed by atoms with Crippen molar-refractivity contribution in [2.24, 2.45) is 0 Å². The molecule has 1 aliphatic heterocycles. The molecule has 54 heavy (non-hydrogen) atoms. The third-order valence-electron chi connectivity index (χ3n) is 8.87. The van der Waals surface area contributed by atoms with Crippen LogP contribution >= 0.6 is 0 Å². The Kier molecular flexibility index (Phi) is 31.5. The first-order chi connectivity index (χ1) is 26.3. The van der Waals surface area contributed by atoms with Gasteiger partial charge >= 0.3 is 0 Å². The molecular formula is C45H73NO8. The summed E-state index contributed by atoms with van der Waals surface area (Å²) in [6.07, 6.45) is 41.6. The molecule has 0 radical (unpaired) electrons. The minimum atomic E-state index is -1.59. The van der Waals surface area contributed by atoms with Crippen LogP contribution < -0.4 is 5.32 Å². The molecule has 7 atom stereocenters. The zero-order valence-corrected chi connectivity index (χ0v) is 33.2. The summed E-state index contributed by atoms with van der Waals surface area (Å²) in [7, 11) is 0. The maximum atomic E-state index is 12.9. The van der Waals surface area contributed by atoms with Crippen LogP contribution in [0.4, 0.5) is 0 Å². The Bertz CT molecular complexity index is 1150. The van der Waals surface area contributed by atoms with Crippen LogP contribution in [0.15, 0.2) is 97.2 Å². The van der Waals surface area contributed by atoms with Crippen molar-refractivity contribution in [3.63, 3.8) is 0 Å². The number of hydrogen-bond donors (Lipinski definition) is 6. The molecule has 6 N–H and O–H groups in total. The lowest BCUT2D eigenvalue weighted by Gasteiger charge is -2.40. The van der Waals surface area contributed by atoms with Crippen molar-refractivity contribution < 1.29 is 39.8 Å². The summed E-state index contributed by atoms with van der Waals surface area (Å²) in [5.74, 6) is -0.254. The van der Waals surface area contributed by atoms with Gasteiger partial charge in [-0.05, 0) is 83.5 Å². The molecule has 0 bridgehead atoms. The van der Waals surface area contributed by atoms with Gasteiger partial charge in [0.2, 0.25) is 5.91 Å². The highest BCUT2D eigenvalue weighted by molar-refractivity contribution is 5.76. The minimum absolute atomic E-state index is 0.235. The molecule has 9 heteroatoms. The van der Waals surface area contributed by atoms with Crippen LogP contribution in [0.1, 0.15) is 123 Å². The Hall–Kier alpha value is -2.89. The average Bonchev–Trinajstić information content (AvgIpc) is 3.17. The van der Waals surface area contributed by atoms with Gasteiger partial charge in [-0.1, -0.05) is 130 Å². The highest BCUT2D eigenvalue weighted by Crippen LogP contribution is 2.22. The molecule has 0 spiro atoms. The summed E-state index contributed by atoms with van der Waals surface area (Å²) < 4.78 is 11.1. The molecule has 1 amide bonds. The number of ether oxygens (including phenoxy) is 2. The fraction of sp³-hybridized carbons (Fsp3) is 0.622. The van der Waals surface area contributed by atoms with Gasteiger partial charge in [-0.2, -0.15) is 0 Å². The van der Waals surface area contributed by atoms with Gasteiger partial charge in [-0.3, -0.25) is 4.79 Å². The first kappa shape index (κ1) is 49.1. The van der Waals surface area contributed by atoms with Gasteiger partial charge in [-0.25, -0.2) is 0 Å². The van der Waals surface area contributed by atoms with Crippen molar-refractivity contribution in [1.82, 2.24) is 5.32 Å².